The molecule has 0 N–H and O–H groups in total. The van der Waals surface area contributed by atoms with E-state index in [0.717, 1.165) is 0 Å². The molecule has 0 atom stereocenters. The first-order valence-electron chi connectivity index (χ1n) is 20.0. The predicted octanol–water partition coefficient (Wildman–Crippen LogP) is 12.6. The third kappa shape index (κ3) is 13.9. The van der Waals surface area contributed by atoms with Crippen molar-refractivity contribution in [1.82, 2.24) is 0 Å². The van der Waals surface area contributed by atoms with Crippen molar-refractivity contribution in [2.75, 3.05) is 24.6 Å². The molecule has 0 unspecified atom stereocenters. The maximum Gasteiger partial charge on any atom is 0.0814 e. The van der Waals surface area contributed by atoms with Crippen molar-refractivity contribution in [2.45, 2.75) is 152 Å². The molecule has 0 amide bonds. The van der Waals surface area contributed by atoms with Crippen molar-refractivity contribution in [1.29, 1.82) is 0 Å². The highest BCUT2D eigenvalue weighted by Gasteiger charge is 2.34. The van der Waals surface area contributed by atoms with Gasteiger partial charge in [-0.3, -0.25) is 0 Å². The third-order valence-electron chi connectivity index (χ3n) is 10.9. The van der Waals surface area contributed by atoms with Gasteiger partial charge in [-0.2, -0.15) is 22.7 Å². The van der Waals surface area contributed by atoms with Crippen LogP contribution in [0.25, 0.3) is 0 Å². The number of benzene rings is 3. The van der Waals surface area contributed by atoms with Crippen LogP contribution in [0.1, 0.15) is 141 Å². The smallest absolute Gasteiger partial charge is 0.0814 e. The molecule has 0 saturated heterocycles. The topological polar surface area (TPSA) is 0 Å². The molecule has 0 aliphatic rings. The highest BCUT2D eigenvalue weighted by Crippen LogP contribution is 2.61. The second kappa shape index (κ2) is 23.5. The molecule has 3 aromatic carbocycles. The van der Waals surface area contributed by atoms with Crippen molar-refractivity contribution in [3.05, 3.63) is 89.5 Å². The first-order valence-corrected chi connectivity index (χ1v) is 22.6. The lowest BCUT2D eigenvalue weighted by Crippen LogP contribution is -2.67. The molecular formula is C45H74BP. The normalized spacial score (nSPS) is 11.7. The van der Waals surface area contributed by atoms with E-state index in [0.29, 0.717) is 0 Å². The average molecular weight is 657 g/mol. The van der Waals surface area contributed by atoms with E-state index < -0.39 is 13.4 Å². The summed E-state index contributed by atoms with van der Waals surface area (Å²) in [7, 11) is -0.562. The quantitative estimate of drug-likeness (QED) is 0.0573. The van der Waals surface area contributed by atoms with Crippen molar-refractivity contribution >= 4 is 29.8 Å². The van der Waals surface area contributed by atoms with Gasteiger partial charge in [0.2, 0.25) is 0 Å². The van der Waals surface area contributed by atoms with E-state index in [9.17, 15) is 0 Å². The van der Waals surface area contributed by atoms with Gasteiger partial charge in [0, 0.05) is 7.26 Å². The first-order chi connectivity index (χ1) is 22.8. The monoisotopic (exact) mass is 657 g/mol. The van der Waals surface area contributed by atoms with Crippen molar-refractivity contribution in [3.8, 4) is 0 Å². The van der Waals surface area contributed by atoms with Crippen LogP contribution in [0, 0.1) is 20.8 Å². The van der Waals surface area contributed by atoms with Crippen LogP contribution in [0.15, 0.2) is 72.8 Å². The summed E-state index contributed by atoms with van der Waals surface area (Å²) in [6.07, 6.45) is 26.2. The highest BCUT2D eigenvalue weighted by atomic mass is 31.2. The van der Waals surface area contributed by atoms with Crippen LogP contribution in [-0.4, -0.2) is 30.8 Å². The Labute approximate surface area is 294 Å². The summed E-state index contributed by atoms with van der Waals surface area (Å²) in [5.74, 6) is 0. The van der Waals surface area contributed by atoms with E-state index in [1.54, 1.807) is 24.6 Å². The van der Waals surface area contributed by atoms with Gasteiger partial charge in [0.15, 0.2) is 0 Å². The number of rotatable bonds is 22. The van der Waals surface area contributed by atoms with Crippen LogP contribution in [0.3, 0.4) is 0 Å². The van der Waals surface area contributed by atoms with Crippen LogP contribution in [0.5, 0.6) is 0 Å². The van der Waals surface area contributed by atoms with Gasteiger partial charge in [-0.25, -0.2) is 0 Å². The molecule has 0 fully saturated rings. The molecule has 0 heterocycles. The summed E-state index contributed by atoms with van der Waals surface area (Å²) in [5, 5.41) is 0. The van der Waals surface area contributed by atoms with Crippen molar-refractivity contribution < 1.29 is 0 Å². The molecule has 262 valence electrons. The molecule has 0 nitrogen and oxygen atoms in total. The average Bonchev–Trinajstić information content (AvgIpc) is 3.09. The van der Waals surface area contributed by atoms with Gasteiger partial charge in [0.25, 0.3) is 0 Å². The van der Waals surface area contributed by atoms with Crippen LogP contribution in [-0.2, 0) is 0 Å². The molecule has 0 radical (unpaired) electrons. The lowest BCUT2D eigenvalue weighted by molar-refractivity contribution is 0.623. The fourth-order valence-electron chi connectivity index (χ4n) is 7.64. The number of aryl methyl sites for hydroxylation is 3. The fourth-order valence-corrected chi connectivity index (χ4v) is 12.9. The Hall–Kier alpha value is -1.85. The fraction of sp³-hybridized carbons (Fsp3) is 0.600. The summed E-state index contributed by atoms with van der Waals surface area (Å²) in [6.45, 7) is 18.3. The molecule has 2 heteroatoms. The molecule has 47 heavy (non-hydrogen) atoms. The van der Waals surface area contributed by atoms with Gasteiger partial charge in [-0.05, 0) is 46.5 Å². The highest BCUT2D eigenvalue weighted by molar-refractivity contribution is 7.75. The van der Waals surface area contributed by atoms with Crippen LogP contribution >= 0.6 is 7.26 Å². The van der Waals surface area contributed by atoms with E-state index in [1.165, 1.54) is 129 Å². The molecule has 0 aliphatic carbocycles. The summed E-state index contributed by atoms with van der Waals surface area (Å²) in [4.78, 5) is 0. The summed E-state index contributed by atoms with van der Waals surface area (Å²) < 4.78 is 0. The Bertz CT molecular complexity index is 1030. The standard InChI is InChI=1S/C29H38B.C16H36P/c1-5-6-7-8-9-10-23-30(27-17-11-24(2)12-18-27,28-19-13-25(3)14-20-28)29-21-15-26(4)16-22-29;1-5-9-13-17(14-10-6-2,15-11-7-3)16-12-8-4/h11-22H,5-10,23H2,1-4H3;5-16H2,1-4H3/q-1;+1. The van der Waals surface area contributed by atoms with Gasteiger partial charge >= 0.3 is 0 Å². The van der Waals surface area contributed by atoms with Gasteiger partial charge < -0.3 is 0 Å². The molecule has 0 spiro atoms. The summed E-state index contributed by atoms with van der Waals surface area (Å²) >= 11 is 0. The van der Waals surface area contributed by atoms with Gasteiger partial charge in [-0.15, -0.1) is 0 Å². The molecule has 3 rings (SSSR count). The zero-order chi connectivity index (χ0) is 34.4. The Morgan fingerprint density at radius 3 is 0.936 bits per heavy atom. The Morgan fingerprint density at radius 2 is 0.638 bits per heavy atom. The Balaban J connectivity index is 0.000000387. The van der Waals surface area contributed by atoms with E-state index in [-0.39, 0.29) is 0 Å². The third-order valence-corrected chi connectivity index (χ3v) is 15.9. The zero-order valence-corrected chi connectivity index (χ0v) is 33.3. The van der Waals surface area contributed by atoms with Gasteiger partial charge in [0.05, 0.1) is 30.8 Å². The Morgan fingerprint density at radius 1 is 0.362 bits per heavy atom. The Kier molecular flexibility index (Phi) is 20.7. The SMILES string of the molecule is CCCCCCCC[B-](c1ccc(C)cc1)(c1ccc(C)cc1)c1ccc(C)cc1.CCCC[P+](CCCC)(CCCC)CCCC. The van der Waals surface area contributed by atoms with Crippen molar-refractivity contribution in [3.63, 3.8) is 0 Å². The predicted molar refractivity (Wildman–Crippen MR) is 222 cm³/mol. The van der Waals surface area contributed by atoms with Crippen molar-refractivity contribution in [2.24, 2.45) is 0 Å². The van der Waals surface area contributed by atoms with Gasteiger partial charge in [0.1, 0.15) is 0 Å². The summed E-state index contributed by atoms with van der Waals surface area (Å²) in [5.41, 5.74) is 8.41. The van der Waals surface area contributed by atoms with E-state index in [1.807, 2.05) is 0 Å². The first kappa shape index (κ1) is 41.3. The molecule has 0 saturated carbocycles. The molecule has 0 aliphatic heterocycles. The van der Waals surface area contributed by atoms with E-state index >= 15 is 0 Å². The van der Waals surface area contributed by atoms with E-state index in [2.05, 4.69) is 128 Å². The number of hydrogen-bond donors (Lipinski definition) is 0. The zero-order valence-electron chi connectivity index (χ0n) is 32.4. The lowest BCUT2D eigenvalue weighted by Gasteiger charge is -2.43. The summed E-state index contributed by atoms with van der Waals surface area (Å²) in [6, 6.07) is 28.0. The second-order valence-electron chi connectivity index (χ2n) is 15.0. The molecule has 0 aromatic heterocycles. The van der Waals surface area contributed by atoms with E-state index in [4.69, 9.17) is 0 Å². The maximum atomic E-state index is 2.38. The number of unbranched alkanes of at least 4 members (excludes halogenated alkanes) is 9. The largest absolute Gasteiger partial charge is 0.200 e. The second-order valence-corrected chi connectivity index (χ2v) is 19.5. The molecule has 3 aromatic rings. The lowest BCUT2D eigenvalue weighted by atomic mass is 9.14. The minimum atomic E-state index is -0.981. The van der Waals surface area contributed by atoms with Crippen LogP contribution in [0.2, 0.25) is 6.32 Å². The maximum absolute atomic E-state index is 2.38. The van der Waals surface area contributed by atoms with Gasteiger partial charge in [-0.1, -0.05) is 188 Å². The minimum absolute atomic E-state index is 0.562. The minimum Gasteiger partial charge on any atom is -0.200 e. The molecule has 0 bridgehead atoms. The molecular weight excluding hydrogens is 582 g/mol. The van der Waals surface area contributed by atoms with Crippen LogP contribution in [0.4, 0.5) is 0 Å². The van der Waals surface area contributed by atoms with Crippen LogP contribution < -0.4 is 16.4 Å². The number of hydrogen-bond acceptors (Lipinski definition) is 0.